The van der Waals surface area contributed by atoms with Crippen molar-refractivity contribution in [2.24, 2.45) is 0 Å². The standard InChI is InChI=1S/C15H10Cl2N2OS/c1-9-5-6-11(21-9)7-10(8-18)15(20)19-14-12(16)3-2-4-13(14)17/h2-7H,1H3,(H,19,20)/b10-7+. The van der Waals surface area contributed by atoms with E-state index in [0.717, 1.165) is 9.75 Å². The van der Waals surface area contributed by atoms with Crippen molar-refractivity contribution in [1.82, 2.24) is 0 Å². The van der Waals surface area contributed by atoms with E-state index in [1.807, 2.05) is 25.1 Å². The molecule has 0 fully saturated rings. The molecule has 1 amide bonds. The van der Waals surface area contributed by atoms with Gasteiger partial charge in [-0.1, -0.05) is 29.3 Å². The number of anilines is 1. The molecule has 1 aromatic heterocycles. The Balaban J connectivity index is 2.26. The van der Waals surface area contributed by atoms with E-state index >= 15 is 0 Å². The number of aryl methyl sites for hydroxylation is 1. The molecule has 0 unspecified atom stereocenters. The van der Waals surface area contributed by atoms with Crippen LogP contribution in [0, 0.1) is 18.3 Å². The number of rotatable bonds is 3. The normalized spacial score (nSPS) is 11.0. The fourth-order valence-corrected chi connectivity index (χ4v) is 2.93. The summed E-state index contributed by atoms with van der Waals surface area (Å²) < 4.78 is 0. The van der Waals surface area contributed by atoms with Crippen molar-refractivity contribution in [3.8, 4) is 6.07 Å². The number of thiophene rings is 1. The fourth-order valence-electron chi connectivity index (χ4n) is 1.62. The van der Waals surface area contributed by atoms with Gasteiger partial charge in [-0.05, 0) is 37.3 Å². The lowest BCUT2D eigenvalue weighted by molar-refractivity contribution is -0.112. The van der Waals surface area contributed by atoms with Crippen LogP contribution >= 0.6 is 34.5 Å². The Morgan fingerprint density at radius 2 is 1.95 bits per heavy atom. The van der Waals surface area contributed by atoms with Crippen molar-refractivity contribution in [2.75, 3.05) is 5.32 Å². The van der Waals surface area contributed by atoms with Gasteiger partial charge < -0.3 is 5.32 Å². The first-order valence-electron chi connectivity index (χ1n) is 5.95. The molecule has 6 heteroatoms. The van der Waals surface area contributed by atoms with Crippen molar-refractivity contribution < 1.29 is 4.79 Å². The number of nitrogens with zero attached hydrogens (tertiary/aromatic N) is 1. The second-order valence-electron chi connectivity index (χ2n) is 4.17. The zero-order chi connectivity index (χ0) is 15.4. The van der Waals surface area contributed by atoms with Gasteiger partial charge in [-0.2, -0.15) is 5.26 Å². The highest BCUT2D eigenvalue weighted by Gasteiger charge is 2.14. The van der Waals surface area contributed by atoms with Crippen LogP contribution in [-0.2, 0) is 4.79 Å². The summed E-state index contributed by atoms with van der Waals surface area (Å²) in [6.45, 7) is 1.96. The monoisotopic (exact) mass is 336 g/mol. The molecule has 0 radical (unpaired) electrons. The Morgan fingerprint density at radius 3 is 2.48 bits per heavy atom. The molecule has 3 nitrogen and oxygen atoms in total. The van der Waals surface area contributed by atoms with Gasteiger partial charge in [0, 0.05) is 9.75 Å². The Morgan fingerprint density at radius 1 is 1.29 bits per heavy atom. The summed E-state index contributed by atoms with van der Waals surface area (Å²) in [5.41, 5.74) is 0.294. The van der Waals surface area contributed by atoms with Crippen molar-refractivity contribution in [2.45, 2.75) is 6.92 Å². The third-order valence-corrected chi connectivity index (χ3v) is 4.19. The molecular formula is C15H10Cl2N2OS. The van der Waals surface area contributed by atoms with Crippen LogP contribution in [-0.4, -0.2) is 5.91 Å². The van der Waals surface area contributed by atoms with Crippen LogP contribution in [0.1, 0.15) is 9.75 Å². The first-order chi connectivity index (χ1) is 10.0. The lowest BCUT2D eigenvalue weighted by Crippen LogP contribution is -2.14. The summed E-state index contributed by atoms with van der Waals surface area (Å²) in [5, 5.41) is 12.3. The molecule has 1 aromatic carbocycles. The van der Waals surface area contributed by atoms with Crippen molar-refractivity contribution in [3.63, 3.8) is 0 Å². The van der Waals surface area contributed by atoms with Crippen LogP contribution in [0.4, 0.5) is 5.69 Å². The lowest BCUT2D eigenvalue weighted by Gasteiger charge is -2.08. The number of nitrogens with one attached hydrogen (secondary N) is 1. The van der Waals surface area contributed by atoms with Crippen LogP contribution in [0.3, 0.4) is 0 Å². The number of amides is 1. The molecule has 1 N–H and O–H groups in total. The number of hydrogen-bond donors (Lipinski definition) is 1. The van der Waals surface area contributed by atoms with Gasteiger partial charge in [0.1, 0.15) is 11.6 Å². The third-order valence-electron chi connectivity index (χ3n) is 2.61. The van der Waals surface area contributed by atoms with Crippen LogP contribution in [0.25, 0.3) is 6.08 Å². The van der Waals surface area contributed by atoms with Gasteiger partial charge in [-0.3, -0.25) is 4.79 Å². The maximum atomic E-state index is 12.1. The minimum atomic E-state index is -0.543. The van der Waals surface area contributed by atoms with Crippen LogP contribution < -0.4 is 5.32 Å². The molecule has 0 bridgehead atoms. The maximum absolute atomic E-state index is 12.1. The average Bonchev–Trinajstić information content (AvgIpc) is 2.85. The first-order valence-corrected chi connectivity index (χ1v) is 7.52. The summed E-state index contributed by atoms with van der Waals surface area (Å²) in [7, 11) is 0. The van der Waals surface area contributed by atoms with Crippen molar-refractivity contribution in [3.05, 3.63) is 55.7 Å². The topological polar surface area (TPSA) is 52.9 Å². The first kappa shape index (κ1) is 15.6. The Hall–Kier alpha value is -1.80. The highest BCUT2D eigenvalue weighted by Crippen LogP contribution is 2.30. The quantitative estimate of drug-likeness (QED) is 0.639. The molecule has 1 heterocycles. The summed E-state index contributed by atoms with van der Waals surface area (Å²) in [5.74, 6) is -0.543. The summed E-state index contributed by atoms with van der Waals surface area (Å²) in [4.78, 5) is 14.1. The average molecular weight is 337 g/mol. The van der Waals surface area contributed by atoms with E-state index in [9.17, 15) is 4.79 Å². The molecule has 0 saturated carbocycles. The SMILES string of the molecule is Cc1ccc(/C=C(\C#N)C(=O)Nc2c(Cl)cccc2Cl)s1. The molecule has 0 aliphatic heterocycles. The molecular weight excluding hydrogens is 327 g/mol. The second kappa shape index (κ2) is 6.77. The van der Waals surface area contributed by atoms with E-state index in [1.54, 1.807) is 18.2 Å². The van der Waals surface area contributed by atoms with Gasteiger partial charge in [-0.15, -0.1) is 11.3 Å². The number of benzene rings is 1. The van der Waals surface area contributed by atoms with E-state index in [2.05, 4.69) is 5.32 Å². The van der Waals surface area contributed by atoms with Crippen LogP contribution in [0.5, 0.6) is 0 Å². The van der Waals surface area contributed by atoms with Crippen LogP contribution in [0.15, 0.2) is 35.9 Å². The predicted octanol–water partition coefficient (Wildman–Crippen LogP) is 4.91. The summed E-state index contributed by atoms with van der Waals surface area (Å²) >= 11 is 13.5. The number of halogens is 2. The number of carbonyl (C=O) groups excluding carboxylic acids is 1. The van der Waals surface area contributed by atoms with Gasteiger partial charge >= 0.3 is 0 Å². The molecule has 0 spiro atoms. The molecule has 0 atom stereocenters. The maximum Gasteiger partial charge on any atom is 0.266 e. The molecule has 21 heavy (non-hydrogen) atoms. The van der Waals surface area contributed by atoms with Gasteiger partial charge in [0.25, 0.3) is 5.91 Å². The van der Waals surface area contributed by atoms with Gasteiger partial charge in [0.2, 0.25) is 0 Å². The van der Waals surface area contributed by atoms with Gasteiger partial charge in [0.15, 0.2) is 0 Å². The highest BCUT2D eigenvalue weighted by molar-refractivity contribution is 7.12. The smallest absolute Gasteiger partial charge is 0.266 e. The highest BCUT2D eigenvalue weighted by atomic mass is 35.5. The largest absolute Gasteiger partial charge is 0.319 e. The van der Waals surface area contributed by atoms with E-state index in [1.165, 1.54) is 17.4 Å². The number of carbonyl (C=O) groups is 1. The zero-order valence-corrected chi connectivity index (χ0v) is 13.3. The van der Waals surface area contributed by atoms with Crippen molar-refractivity contribution in [1.29, 1.82) is 5.26 Å². The molecule has 2 rings (SSSR count). The molecule has 0 aliphatic carbocycles. The van der Waals surface area contributed by atoms with Gasteiger partial charge in [-0.25, -0.2) is 0 Å². The van der Waals surface area contributed by atoms with E-state index in [0.29, 0.717) is 15.7 Å². The lowest BCUT2D eigenvalue weighted by atomic mass is 10.2. The molecule has 0 aliphatic rings. The Kier molecular flexibility index (Phi) is 5.03. The summed E-state index contributed by atoms with van der Waals surface area (Å²) in [6, 6.07) is 10.6. The number of hydrogen-bond acceptors (Lipinski definition) is 3. The number of para-hydroxylation sites is 1. The number of nitriles is 1. The summed E-state index contributed by atoms with van der Waals surface area (Å²) in [6.07, 6.45) is 1.54. The van der Waals surface area contributed by atoms with E-state index < -0.39 is 5.91 Å². The minimum Gasteiger partial charge on any atom is -0.319 e. The predicted molar refractivity (Wildman–Crippen MR) is 87.7 cm³/mol. The van der Waals surface area contributed by atoms with Gasteiger partial charge in [0.05, 0.1) is 15.7 Å². The second-order valence-corrected chi connectivity index (χ2v) is 6.30. The van der Waals surface area contributed by atoms with Crippen LogP contribution in [0.2, 0.25) is 10.0 Å². The van der Waals surface area contributed by atoms with E-state index in [4.69, 9.17) is 28.5 Å². The van der Waals surface area contributed by atoms with E-state index in [-0.39, 0.29) is 5.57 Å². The zero-order valence-electron chi connectivity index (χ0n) is 11.0. The van der Waals surface area contributed by atoms with Crippen molar-refractivity contribution >= 4 is 52.2 Å². The molecule has 106 valence electrons. The molecule has 2 aromatic rings. The fraction of sp³-hybridized carbons (Fsp3) is 0.0667. The molecule has 0 saturated heterocycles. The minimum absolute atomic E-state index is 0.00663. The Labute approximate surface area is 136 Å². The Bertz CT molecular complexity index is 739. The third kappa shape index (κ3) is 3.85.